The van der Waals surface area contributed by atoms with E-state index in [1.807, 2.05) is 33.9 Å². The lowest BCUT2D eigenvalue weighted by Gasteiger charge is -2.36. The van der Waals surface area contributed by atoms with Gasteiger partial charge in [-0.25, -0.2) is 4.68 Å². The molecular formula is C24H37ClN2O4Si. The third kappa shape index (κ3) is 7.17. The zero-order valence-electron chi connectivity index (χ0n) is 26.0. The molecule has 0 fully saturated rings. The Bertz CT molecular complexity index is 1190. The number of ether oxygens (including phenoxy) is 2. The van der Waals surface area contributed by atoms with Crippen molar-refractivity contribution in [2.24, 2.45) is 0 Å². The molecule has 0 spiro atoms. The predicted octanol–water partition coefficient (Wildman–Crippen LogP) is 5.77. The lowest BCUT2D eigenvalue weighted by Crippen LogP contribution is -2.41. The molecule has 8 heteroatoms. The molecule has 0 radical (unpaired) electrons. The minimum Gasteiger partial charge on any atom is -0.485 e. The summed E-state index contributed by atoms with van der Waals surface area (Å²) in [6, 6.07) is 5.86. The van der Waals surface area contributed by atoms with Crippen molar-refractivity contribution < 1.29 is 22.1 Å². The monoisotopic (exact) mass is 486 g/mol. The second-order valence-corrected chi connectivity index (χ2v) is 15.1. The summed E-state index contributed by atoms with van der Waals surface area (Å²) in [5.74, 6) is -0.202. The van der Waals surface area contributed by atoms with Crippen LogP contribution in [0.1, 0.15) is 60.9 Å². The Hall–Kier alpha value is -1.67. The van der Waals surface area contributed by atoms with Gasteiger partial charge in [0, 0.05) is 0 Å². The average Bonchev–Trinajstić information content (AvgIpc) is 2.73. The van der Waals surface area contributed by atoms with Gasteiger partial charge in [0.15, 0.2) is 19.1 Å². The van der Waals surface area contributed by atoms with Gasteiger partial charge in [-0.2, -0.15) is 5.10 Å². The van der Waals surface area contributed by atoms with Gasteiger partial charge in [0.05, 0.1) is 39.7 Å². The third-order valence-corrected chi connectivity index (χ3v) is 9.79. The van der Waals surface area contributed by atoms with Crippen molar-refractivity contribution >= 4 is 19.9 Å². The maximum Gasteiger partial charge on any atom is 0.289 e. The van der Waals surface area contributed by atoms with Crippen LogP contribution in [-0.4, -0.2) is 31.2 Å². The zero-order valence-corrected chi connectivity index (χ0v) is 21.8. The molecule has 6 nitrogen and oxygen atoms in total. The second-order valence-electron chi connectivity index (χ2n) is 9.97. The molecule has 1 heterocycles. The van der Waals surface area contributed by atoms with E-state index in [-0.39, 0.29) is 28.0 Å². The summed E-state index contributed by atoms with van der Waals surface area (Å²) < 4.78 is 67.0. The minimum atomic E-state index is -2.74. The highest BCUT2D eigenvalue weighted by Crippen LogP contribution is 2.36. The van der Waals surface area contributed by atoms with Gasteiger partial charge in [-0.15, -0.1) is 0 Å². The summed E-state index contributed by atoms with van der Waals surface area (Å²) >= 11 is 6.15. The lowest BCUT2D eigenvalue weighted by molar-refractivity contribution is 0.0845. The Kier molecular flexibility index (Phi) is 6.15. The van der Waals surface area contributed by atoms with Crippen LogP contribution in [0.5, 0.6) is 5.75 Å². The van der Waals surface area contributed by atoms with E-state index in [1.54, 1.807) is 20.8 Å². The van der Waals surface area contributed by atoms with E-state index in [2.05, 4.69) is 5.10 Å². The van der Waals surface area contributed by atoms with Crippen molar-refractivity contribution in [1.82, 2.24) is 9.78 Å². The van der Waals surface area contributed by atoms with Gasteiger partial charge in [-0.1, -0.05) is 56.6 Å². The first kappa shape index (κ1) is 18.7. The highest BCUT2D eigenvalue weighted by molar-refractivity contribution is 6.74. The first-order chi connectivity index (χ1) is 16.9. The van der Waals surface area contributed by atoms with Crippen LogP contribution in [0.4, 0.5) is 0 Å². The molecule has 2 rings (SSSR count). The van der Waals surface area contributed by atoms with Crippen molar-refractivity contribution in [3.05, 3.63) is 57.0 Å². The molecular weight excluding hydrogens is 444 g/mol. The van der Waals surface area contributed by atoms with E-state index >= 15 is 0 Å². The van der Waals surface area contributed by atoms with E-state index in [0.29, 0.717) is 5.56 Å². The van der Waals surface area contributed by atoms with Crippen molar-refractivity contribution in [1.29, 1.82) is 0 Å². The fourth-order valence-corrected chi connectivity index (χ4v) is 2.97. The van der Waals surface area contributed by atoms with Gasteiger partial charge in [-0.3, -0.25) is 4.79 Å². The van der Waals surface area contributed by atoms with Crippen LogP contribution >= 0.6 is 11.6 Å². The van der Waals surface area contributed by atoms with Crippen LogP contribution in [0.25, 0.3) is 0 Å². The Balaban J connectivity index is 2.15. The number of benzene rings is 1. The first-order valence-electron chi connectivity index (χ1n) is 13.3. The Labute approximate surface area is 206 Å². The molecule has 0 aliphatic heterocycles. The van der Waals surface area contributed by atoms with E-state index in [1.165, 1.54) is 35.1 Å². The van der Waals surface area contributed by atoms with Crippen molar-refractivity contribution in [2.75, 3.05) is 13.1 Å². The molecule has 0 saturated heterocycles. The first-order valence-corrected chi connectivity index (χ1v) is 13.6. The number of nitrogens with zero attached hydrogens (tertiary/aromatic N) is 2. The average molecular weight is 487 g/mol. The van der Waals surface area contributed by atoms with Crippen molar-refractivity contribution in [3.63, 3.8) is 0 Å². The maximum atomic E-state index is 12.5. The van der Waals surface area contributed by atoms with Crippen LogP contribution in [0.15, 0.2) is 35.3 Å². The molecule has 0 bridgehead atoms. The van der Waals surface area contributed by atoms with Gasteiger partial charge < -0.3 is 13.9 Å². The smallest absolute Gasteiger partial charge is 0.289 e. The number of hydrogen-bond acceptors (Lipinski definition) is 5. The Morgan fingerprint density at radius 3 is 2.22 bits per heavy atom. The summed E-state index contributed by atoms with van der Waals surface area (Å²) in [4.78, 5) is 12.5. The van der Waals surface area contributed by atoms with E-state index < -0.39 is 39.1 Å². The molecule has 2 aromatic rings. The molecule has 1 aromatic carbocycles. The molecule has 0 amide bonds. The van der Waals surface area contributed by atoms with Crippen LogP contribution in [0.3, 0.4) is 0 Å². The molecule has 178 valence electrons. The fraction of sp³-hybridized carbons (Fsp3) is 0.583. The SMILES string of the molecule is [2H]C([2H])(Oc1cnn(C(C)(C)C)c(=O)c1Cl)c1ccc(COC([2H])([2H])C([2H])([2H])O[Si](C)(C)C(C)(C)C)cc1. The van der Waals surface area contributed by atoms with E-state index in [4.69, 9.17) is 33.7 Å². The third-order valence-electron chi connectivity index (χ3n) is 5.22. The lowest BCUT2D eigenvalue weighted by atomic mass is 10.1. The zero-order chi connectivity index (χ0) is 29.5. The normalized spacial score (nSPS) is 16.9. The van der Waals surface area contributed by atoms with E-state index in [0.717, 1.165) is 0 Å². The van der Waals surface area contributed by atoms with Gasteiger partial charge >= 0.3 is 0 Å². The minimum absolute atomic E-state index is 0.108. The summed E-state index contributed by atoms with van der Waals surface area (Å²) in [5.41, 5.74) is -0.643. The molecule has 0 aliphatic carbocycles. The van der Waals surface area contributed by atoms with Gasteiger partial charge in [0.2, 0.25) is 0 Å². The van der Waals surface area contributed by atoms with E-state index in [9.17, 15) is 4.79 Å². The van der Waals surface area contributed by atoms with Crippen LogP contribution in [0.2, 0.25) is 23.2 Å². The number of rotatable bonds is 9. The molecule has 0 aliphatic rings. The summed E-state index contributed by atoms with van der Waals surface area (Å²) in [5, 5.41) is 3.43. The number of hydrogen-bond donors (Lipinski definition) is 0. The topological polar surface area (TPSA) is 62.6 Å². The molecule has 0 saturated carbocycles. The predicted molar refractivity (Wildman–Crippen MR) is 132 cm³/mol. The highest BCUT2D eigenvalue weighted by Gasteiger charge is 2.36. The number of aromatic nitrogens is 2. The highest BCUT2D eigenvalue weighted by atomic mass is 35.5. The van der Waals surface area contributed by atoms with Crippen LogP contribution in [-0.2, 0) is 27.9 Å². The van der Waals surface area contributed by atoms with Crippen LogP contribution < -0.4 is 10.3 Å². The number of halogens is 1. The van der Waals surface area contributed by atoms with Gasteiger partial charge in [0.25, 0.3) is 5.56 Å². The summed E-state index contributed by atoms with van der Waals surface area (Å²) in [6.07, 6.45) is 1.19. The molecule has 32 heavy (non-hydrogen) atoms. The van der Waals surface area contributed by atoms with Crippen molar-refractivity contribution in [3.8, 4) is 5.75 Å². The Morgan fingerprint density at radius 2 is 1.66 bits per heavy atom. The molecule has 0 unspecified atom stereocenters. The van der Waals surface area contributed by atoms with Crippen molar-refractivity contribution in [2.45, 2.75) is 78.4 Å². The summed E-state index contributed by atoms with van der Waals surface area (Å²) in [7, 11) is -2.62. The quantitative estimate of drug-likeness (QED) is 0.421. The molecule has 1 aromatic heterocycles. The fourth-order valence-electron chi connectivity index (χ4n) is 2.20. The van der Waals surface area contributed by atoms with Gasteiger partial charge in [-0.05, 0) is 50.0 Å². The standard InChI is InChI=1S/C24H37ClN2O4Si/c1-23(2,3)27-22(28)21(25)20(15-26-27)30-17-19-11-9-18(10-12-19)16-29-13-14-31-32(7,8)24(4,5)6/h9-12,15H,13-14,16-17H2,1-8H3/i13D2,14D2,17D2. The maximum absolute atomic E-state index is 12.5. The molecule has 0 atom stereocenters. The molecule has 0 N–H and O–H groups in total. The largest absolute Gasteiger partial charge is 0.485 e. The summed E-state index contributed by atoms with van der Waals surface area (Å²) in [6.45, 7) is 6.72. The Morgan fingerprint density at radius 1 is 1.06 bits per heavy atom. The second kappa shape index (κ2) is 10.5. The van der Waals surface area contributed by atoms with Gasteiger partial charge in [0.1, 0.15) is 6.56 Å². The van der Waals surface area contributed by atoms with Crippen LogP contribution in [0, 0.1) is 0 Å².